The number of carbonyl (C=O) groups excluding carboxylic acids is 5. The summed E-state index contributed by atoms with van der Waals surface area (Å²) in [4.78, 5) is 82.8. The van der Waals surface area contributed by atoms with Gasteiger partial charge in [-0.15, -0.1) is 0 Å². The van der Waals surface area contributed by atoms with E-state index in [2.05, 4.69) is 34.3 Å². The second-order valence-corrected chi connectivity index (χ2v) is 22.6. The normalized spacial score (nSPS) is 30.4. The molecule has 5 bridgehead atoms. The molecule has 6 aliphatic heterocycles. The number of amides is 2. The first-order valence-corrected chi connectivity index (χ1v) is 27.4. The fraction of sp³-hybridized carbons (Fsp3) is 0.559. The highest BCUT2D eigenvalue weighted by Crippen LogP contribution is 2.50. The molecule has 19 heteroatoms. The number of aliphatic hydroxyl groups excluding tert-OH is 2. The number of benzene rings is 2. The summed E-state index contributed by atoms with van der Waals surface area (Å²) in [7, 11) is 1.44. The first-order chi connectivity index (χ1) is 37.0. The number of esters is 1. The minimum Gasteiger partial charge on any atom is -0.507 e. The second kappa shape index (κ2) is 23.5. The minimum atomic E-state index is -2.04. The highest BCUT2D eigenvalue weighted by atomic mass is 19.1. The van der Waals surface area contributed by atoms with E-state index in [-0.39, 0.29) is 75.2 Å². The van der Waals surface area contributed by atoms with Gasteiger partial charge in [0.15, 0.2) is 0 Å². The number of Topliss-reactive ketones (excluding diaryl/α,β-unsaturated/α-hetero) is 2. The number of likely N-dealkylation sites (tertiary alicyclic amines) is 1. The van der Waals surface area contributed by atoms with Gasteiger partial charge in [-0.05, 0) is 56.5 Å². The average molecular weight is 1080 g/mol. The molecule has 2 aromatic carbocycles. The minimum absolute atomic E-state index is 0.00319. The van der Waals surface area contributed by atoms with E-state index in [0.717, 1.165) is 12.2 Å². The van der Waals surface area contributed by atoms with E-state index in [9.17, 15) is 43.7 Å². The number of piperidine rings is 1. The Kier molecular flexibility index (Phi) is 17.4. The van der Waals surface area contributed by atoms with E-state index in [1.807, 2.05) is 0 Å². The SMILES string of the molecule is CO[C@H]1/C=C/OC2(C)Oc3c(C)c(O)c4c(c3C2=O)C2=NC3(CCN(CC(C)C)CC3)NC2=C(NC(=O)/C(C)=C\C=C\[C@H](C)[C@H](O)[C@@H](C)[C@@H](O)[C@@H](C)[C@H](OC(=O)CCC(=O)N2CCCN(c3ccc(F)cc3)CC2)[C@@H]1C)C4=O. The van der Waals surface area contributed by atoms with Gasteiger partial charge in [-0.1, -0.05) is 59.8 Å². The molecule has 1 aliphatic carbocycles. The summed E-state index contributed by atoms with van der Waals surface area (Å²) in [5.74, 6) is -8.19. The number of hydrogen-bond acceptors (Lipinski definition) is 16. The van der Waals surface area contributed by atoms with Crippen molar-refractivity contribution in [2.75, 3.05) is 57.8 Å². The van der Waals surface area contributed by atoms with E-state index >= 15 is 0 Å². The molecule has 9 rings (SSSR count). The van der Waals surface area contributed by atoms with Gasteiger partial charge in [0.1, 0.15) is 34.8 Å². The van der Waals surface area contributed by atoms with Crippen molar-refractivity contribution in [2.45, 2.75) is 130 Å². The highest BCUT2D eigenvalue weighted by Gasteiger charge is 2.54. The standard InChI is InChI=1S/C59H77FN6O12/c1-32(2)31-64-26-22-59(23-27-64)62-47-44-45-52(71)38(8)55-46(44)56(73)58(9,78-55)76-30-21-41(75-10)35(5)54(77-43(68)20-19-42(67)66-25-12-24-65(28-29-66)40-17-15-39(60)16-18-40)37(7)51(70)36(6)50(69)33(3)13-11-14-34(4)57(74)61-49(53(45)72)48(47)63-59/h11,13-18,21,30,32-33,35-37,41,50-51,54,63,69-71H,12,19-20,22-29,31H2,1-10H3,(H,61,74)/b13-11+,30-21+,34-14-/t33-,35+,36+,37+,41-,50-,51+,54+,58?/m0/s1. The van der Waals surface area contributed by atoms with Gasteiger partial charge >= 0.3 is 11.8 Å². The number of phenolic OH excluding ortho intramolecular Hbond substituents is 1. The fourth-order valence-corrected chi connectivity index (χ4v) is 11.7. The summed E-state index contributed by atoms with van der Waals surface area (Å²) in [6.07, 6.45) is 4.67. The van der Waals surface area contributed by atoms with Crippen LogP contribution in [0.25, 0.3) is 0 Å². The van der Waals surface area contributed by atoms with Crippen molar-refractivity contribution in [1.82, 2.24) is 20.4 Å². The topological polar surface area (TPSA) is 229 Å². The van der Waals surface area contributed by atoms with Crippen molar-refractivity contribution in [2.24, 2.45) is 34.6 Å². The number of halogens is 1. The predicted octanol–water partition coefficient (Wildman–Crippen LogP) is 6.25. The molecule has 9 atom stereocenters. The van der Waals surface area contributed by atoms with Gasteiger partial charge in [0.2, 0.25) is 11.7 Å². The summed E-state index contributed by atoms with van der Waals surface area (Å²) in [6.45, 7) is 20.1. The van der Waals surface area contributed by atoms with Crippen molar-refractivity contribution in [3.8, 4) is 11.5 Å². The molecule has 18 nitrogen and oxygen atoms in total. The van der Waals surface area contributed by atoms with Crippen molar-refractivity contribution < 1.29 is 62.6 Å². The number of anilines is 1. The molecule has 6 heterocycles. The molecule has 5 N–H and O–H groups in total. The van der Waals surface area contributed by atoms with Gasteiger partial charge in [0.25, 0.3) is 11.7 Å². The molecule has 2 aromatic rings. The summed E-state index contributed by atoms with van der Waals surface area (Å²) in [5, 5.41) is 42.0. The number of phenols is 1. The molecule has 422 valence electrons. The monoisotopic (exact) mass is 1080 g/mol. The molecule has 0 radical (unpaired) electrons. The van der Waals surface area contributed by atoms with Crippen LogP contribution in [0.1, 0.15) is 119 Å². The lowest BCUT2D eigenvalue weighted by atomic mass is 9.78. The molecule has 1 unspecified atom stereocenters. The largest absolute Gasteiger partial charge is 0.507 e. The number of aliphatic hydroxyl groups is 2. The lowest BCUT2D eigenvalue weighted by Crippen LogP contribution is -2.50. The van der Waals surface area contributed by atoms with Crippen LogP contribution in [-0.2, 0) is 28.6 Å². The van der Waals surface area contributed by atoms with E-state index in [4.69, 9.17) is 23.9 Å². The third-order valence-corrected chi connectivity index (χ3v) is 16.5. The molecule has 1 spiro atoms. The number of nitrogens with zero attached hydrogens (tertiary/aromatic N) is 4. The van der Waals surface area contributed by atoms with Crippen LogP contribution >= 0.6 is 0 Å². The van der Waals surface area contributed by atoms with E-state index < -0.39 is 88.7 Å². The summed E-state index contributed by atoms with van der Waals surface area (Å²) in [5.41, 5.74) is 0.397. The van der Waals surface area contributed by atoms with Gasteiger partial charge in [-0.3, -0.25) is 29.0 Å². The maximum absolute atomic E-state index is 15.0. The maximum Gasteiger partial charge on any atom is 0.312 e. The smallest absolute Gasteiger partial charge is 0.312 e. The second-order valence-electron chi connectivity index (χ2n) is 22.6. The zero-order valence-corrected chi connectivity index (χ0v) is 46.6. The number of nitrogens with one attached hydrogen (secondary N) is 2. The Labute approximate surface area is 456 Å². The summed E-state index contributed by atoms with van der Waals surface area (Å²) in [6, 6.07) is 6.22. The van der Waals surface area contributed by atoms with E-state index in [1.54, 1.807) is 63.8 Å². The number of ketones is 2. The van der Waals surface area contributed by atoms with Crippen LogP contribution in [-0.4, -0.2) is 149 Å². The van der Waals surface area contributed by atoms with Crippen LogP contribution in [0.5, 0.6) is 11.5 Å². The van der Waals surface area contributed by atoms with E-state index in [1.165, 1.54) is 51.5 Å². The van der Waals surface area contributed by atoms with Crippen LogP contribution in [0.3, 0.4) is 0 Å². The number of ether oxygens (including phenoxy) is 4. The Balaban J connectivity index is 1.10. The third-order valence-electron chi connectivity index (χ3n) is 16.5. The molecule has 2 fully saturated rings. The number of hydrogen-bond donors (Lipinski definition) is 5. The van der Waals surface area contributed by atoms with E-state index in [0.29, 0.717) is 64.4 Å². The molecular weight excluding hydrogens is 1000 g/mol. The Hall–Kier alpha value is -6.41. The number of allylic oxidation sites excluding steroid dienone is 4. The number of fused-ring (bicyclic) bond motifs is 13. The van der Waals surface area contributed by atoms with Crippen molar-refractivity contribution in [3.63, 3.8) is 0 Å². The van der Waals surface area contributed by atoms with Crippen LogP contribution in [0.2, 0.25) is 0 Å². The van der Waals surface area contributed by atoms with Gasteiger partial charge < -0.3 is 59.6 Å². The van der Waals surface area contributed by atoms with Crippen molar-refractivity contribution in [1.29, 1.82) is 0 Å². The van der Waals surface area contributed by atoms with Crippen LogP contribution in [0.15, 0.2) is 76.8 Å². The molecule has 78 heavy (non-hydrogen) atoms. The lowest BCUT2D eigenvalue weighted by molar-refractivity contribution is -0.164. The third kappa shape index (κ3) is 11.7. The average Bonchev–Trinajstić information content (AvgIpc) is 4.04. The molecule has 7 aliphatic rings. The van der Waals surface area contributed by atoms with Gasteiger partial charge in [0.05, 0.1) is 53.5 Å². The first kappa shape index (κ1) is 57.8. The molecule has 2 amide bonds. The van der Waals surface area contributed by atoms with Gasteiger partial charge in [-0.25, -0.2) is 4.39 Å². The zero-order chi connectivity index (χ0) is 56.5. The van der Waals surface area contributed by atoms with Crippen LogP contribution in [0.4, 0.5) is 10.1 Å². The highest BCUT2D eigenvalue weighted by molar-refractivity contribution is 6.34. The van der Waals surface area contributed by atoms with Crippen LogP contribution < -0.4 is 20.3 Å². The first-order valence-electron chi connectivity index (χ1n) is 27.4. The van der Waals surface area contributed by atoms with Crippen molar-refractivity contribution in [3.05, 3.63) is 99.9 Å². The molecular formula is C59H77FN6O12. The zero-order valence-electron chi connectivity index (χ0n) is 46.6. The van der Waals surface area contributed by atoms with Crippen LogP contribution in [0, 0.1) is 42.3 Å². The molecule has 0 saturated carbocycles. The quantitative estimate of drug-likeness (QED) is 0.184. The maximum atomic E-state index is 15.0. The fourth-order valence-electron chi connectivity index (χ4n) is 11.7. The Morgan fingerprint density at radius 3 is 2.27 bits per heavy atom. The molecule has 0 aromatic heterocycles. The number of carbonyl (C=O) groups is 5. The number of aliphatic imine (C=N–C) groups is 1. The number of rotatable bonds is 8. The number of methoxy groups -OCH3 is 1. The Morgan fingerprint density at radius 1 is 0.885 bits per heavy atom. The predicted molar refractivity (Wildman–Crippen MR) is 290 cm³/mol. The Morgan fingerprint density at radius 2 is 1.59 bits per heavy atom. The Bertz CT molecular complexity index is 2820. The summed E-state index contributed by atoms with van der Waals surface area (Å²) < 4.78 is 38.4. The van der Waals surface area contributed by atoms with Crippen molar-refractivity contribution >= 4 is 40.7 Å². The van der Waals surface area contributed by atoms with Gasteiger partial charge in [0, 0.05) is 125 Å². The van der Waals surface area contributed by atoms with Gasteiger partial charge in [-0.2, -0.15) is 0 Å². The molecule has 2 saturated heterocycles. The summed E-state index contributed by atoms with van der Waals surface area (Å²) >= 11 is 0. The lowest BCUT2D eigenvalue weighted by Gasteiger charge is -2.38. The number of aromatic hydroxyl groups is 1.